The van der Waals surface area contributed by atoms with E-state index >= 15 is 0 Å². The molecule has 58 heavy (non-hydrogen) atoms. The molecule has 0 bridgehead atoms. The normalized spacial score (nSPS) is 12.0. The Bertz CT molecular complexity index is 3010. The second-order valence-electron chi connectivity index (χ2n) is 17.2. The van der Waals surface area contributed by atoms with Crippen molar-refractivity contribution in [3.63, 3.8) is 0 Å². The van der Waals surface area contributed by atoms with Crippen LogP contribution in [0.25, 0.3) is 88.7 Å². The molecule has 0 aliphatic heterocycles. The molecule has 0 amide bonds. The van der Waals surface area contributed by atoms with Crippen molar-refractivity contribution in [3.05, 3.63) is 156 Å². The fourth-order valence-corrected chi connectivity index (χ4v) is 7.81. The molecule has 0 radical (unpaired) electrons. The van der Waals surface area contributed by atoms with Crippen molar-refractivity contribution in [1.82, 2.24) is 19.9 Å². The first kappa shape index (κ1) is 38.9. The number of phenols is 1. The number of phenolic OH excluding ortho intramolecular Hbond substituents is 1. The molecule has 3 heterocycles. The van der Waals surface area contributed by atoms with Gasteiger partial charge < -0.3 is 10.1 Å². The number of nitrogens with zero attached hydrogens (tertiary/aromatic N) is 3. The Labute approximate surface area is 354 Å². The molecule has 6 heteroatoms. The number of pyridine rings is 2. The molecule has 5 nitrogen and oxygen atoms in total. The summed E-state index contributed by atoms with van der Waals surface area (Å²) in [5.74, 6) is 0.804. The van der Waals surface area contributed by atoms with Crippen LogP contribution in [0.4, 0.5) is 0 Å². The van der Waals surface area contributed by atoms with Gasteiger partial charge in [-0.05, 0) is 92.4 Å². The fraction of sp³-hybridized carbons (Fsp3) is 0.173. The first-order chi connectivity index (χ1) is 27.3. The topological polar surface area (TPSA) is 74.7 Å². The maximum Gasteiger partial charge on any atom is 0.141 e. The number of aromatic amines is 1. The molecule has 6 aromatic carbocycles. The molecule has 0 fully saturated rings. The summed E-state index contributed by atoms with van der Waals surface area (Å²) in [5, 5.41) is 14.6. The Hall–Kier alpha value is -5.90. The Morgan fingerprint density at radius 2 is 1.34 bits per heavy atom. The van der Waals surface area contributed by atoms with Gasteiger partial charge in [-0.2, -0.15) is 0 Å². The van der Waals surface area contributed by atoms with Crippen molar-refractivity contribution in [3.8, 4) is 61.8 Å². The molecule has 2 N–H and O–H groups in total. The van der Waals surface area contributed by atoms with Gasteiger partial charge in [0.2, 0.25) is 0 Å². The van der Waals surface area contributed by atoms with E-state index in [1.807, 2.05) is 36.7 Å². The number of hydrogen-bond donors (Lipinski definition) is 2. The maximum absolute atomic E-state index is 11.2. The van der Waals surface area contributed by atoms with Crippen molar-refractivity contribution in [2.24, 2.45) is 0 Å². The molecule has 0 spiro atoms. The molecule has 0 unspecified atom stereocenters. The van der Waals surface area contributed by atoms with Crippen LogP contribution in [-0.2, 0) is 31.9 Å². The van der Waals surface area contributed by atoms with E-state index < -0.39 is 0 Å². The summed E-state index contributed by atoms with van der Waals surface area (Å²) in [6, 6.07) is 46.2. The van der Waals surface area contributed by atoms with Crippen LogP contribution in [0.5, 0.6) is 5.75 Å². The summed E-state index contributed by atoms with van der Waals surface area (Å²) in [7, 11) is 0. The van der Waals surface area contributed by atoms with E-state index in [-0.39, 0.29) is 37.6 Å². The molecular formula is C52H45N4OPt-. The number of hydrogen-bond acceptors (Lipinski definition) is 4. The molecule has 0 saturated carbocycles. The van der Waals surface area contributed by atoms with E-state index in [4.69, 9.17) is 15.0 Å². The smallest absolute Gasteiger partial charge is 0.141 e. The predicted octanol–water partition coefficient (Wildman–Crippen LogP) is 13.4. The summed E-state index contributed by atoms with van der Waals surface area (Å²) in [6.07, 6.45) is 3.73. The molecule has 9 aromatic rings. The number of H-pyrrole nitrogens is 1. The van der Waals surface area contributed by atoms with Gasteiger partial charge in [-0.25, -0.2) is 4.98 Å². The van der Waals surface area contributed by atoms with Gasteiger partial charge in [0.05, 0.1) is 22.3 Å². The van der Waals surface area contributed by atoms with Gasteiger partial charge in [-0.15, -0.1) is 34.9 Å². The monoisotopic (exact) mass is 936 g/mol. The zero-order valence-electron chi connectivity index (χ0n) is 33.8. The molecule has 0 atom stereocenters. The zero-order chi connectivity index (χ0) is 39.6. The number of aromatic hydroxyl groups is 1. The van der Waals surface area contributed by atoms with E-state index in [0.717, 1.165) is 77.7 Å². The average Bonchev–Trinajstić information content (AvgIpc) is 3.64. The SMILES string of the molecule is Cc1ccc(-c2cc(-c3ccc4ccccc4c3)cc3[nH]c(-c4cc(C(C)(C)C)ccc4O)nc23)[c-]c1-c1cc(C(C)(C)C)cc2c(-c3ccccn3)ccnc12.[Pt]. The van der Waals surface area contributed by atoms with Crippen LogP contribution < -0.4 is 0 Å². The zero-order valence-corrected chi connectivity index (χ0v) is 36.1. The summed E-state index contributed by atoms with van der Waals surface area (Å²) >= 11 is 0. The van der Waals surface area contributed by atoms with Crippen molar-refractivity contribution < 1.29 is 26.2 Å². The number of fused-ring (bicyclic) bond motifs is 3. The summed E-state index contributed by atoms with van der Waals surface area (Å²) < 4.78 is 0. The van der Waals surface area contributed by atoms with Gasteiger partial charge in [0.25, 0.3) is 0 Å². The molecule has 3 aromatic heterocycles. The van der Waals surface area contributed by atoms with Crippen LogP contribution in [-0.4, -0.2) is 25.0 Å². The van der Waals surface area contributed by atoms with Crippen LogP contribution in [0.15, 0.2) is 134 Å². The standard InChI is InChI=1S/C52H45N4O.Pt/c1-31-15-16-35(25-40(31)43-30-38(52(5,6)7)29-42-39(21-23-54-48(42)43)45-14-10-11-22-53-45)41-26-36(34-18-17-32-12-8-9-13-33(32)24-34)27-46-49(41)56-50(55-46)44-28-37(51(2,3)4)19-20-47(44)57;/h8-24,26-30,57H,1-7H3,(H,55,56);/q-1;. The Morgan fingerprint density at radius 1 is 0.586 bits per heavy atom. The second kappa shape index (κ2) is 14.8. The van der Waals surface area contributed by atoms with Gasteiger partial charge in [0.1, 0.15) is 11.6 Å². The van der Waals surface area contributed by atoms with Gasteiger partial charge >= 0.3 is 0 Å². The van der Waals surface area contributed by atoms with Gasteiger partial charge in [0.15, 0.2) is 0 Å². The van der Waals surface area contributed by atoms with Crippen LogP contribution in [0.1, 0.15) is 58.2 Å². The van der Waals surface area contributed by atoms with Crippen LogP contribution >= 0.6 is 0 Å². The fourth-order valence-electron chi connectivity index (χ4n) is 7.81. The number of rotatable bonds is 5. The van der Waals surface area contributed by atoms with Gasteiger partial charge in [-0.3, -0.25) is 9.97 Å². The van der Waals surface area contributed by atoms with Crippen LogP contribution in [0.2, 0.25) is 0 Å². The first-order valence-electron chi connectivity index (χ1n) is 19.6. The number of aromatic nitrogens is 4. The number of nitrogens with one attached hydrogen (secondary N) is 1. The Kier molecular flexibility index (Phi) is 9.94. The molecule has 0 aliphatic rings. The summed E-state index contributed by atoms with van der Waals surface area (Å²) in [5.41, 5.74) is 14.5. The van der Waals surface area contributed by atoms with Crippen LogP contribution in [0, 0.1) is 13.0 Å². The van der Waals surface area contributed by atoms with Crippen LogP contribution in [0.3, 0.4) is 0 Å². The summed E-state index contributed by atoms with van der Waals surface area (Å²) in [4.78, 5) is 18.6. The molecule has 0 saturated heterocycles. The van der Waals surface area contributed by atoms with Crippen molar-refractivity contribution in [1.29, 1.82) is 0 Å². The van der Waals surface area contributed by atoms with E-state index in [1.165, 1.54) is 16.3 Å². The minimum atomic E-state index is -0.118. The Morgan fingerprint density at radius 3 is 2.10 bits per heavy atom. The number of aryl methyl sites for hydroxylation is 1. The molecular weight excluding hydrogens is 892 g/mol. The third-order valence-corrected chi connectivity index (χ3v) is 11.2. The van der Waals surface area contributed by atoms with Gasteiger partial charge in [-0.1, -0.05) is 120 Å². The third kappa shape index (κ3) is 7.14. The largest absolute Gasteiger partial charge is 0.507 e. The summed E-state index contributed by atoms with van der Waals surface area (Å²) in [6.45, 7) is 15.4. The van der Waals surface area contributed by atoms with Crippen molar-refractivity contribution in [2.45, 2.75) is 59.3 Å². The predicted molar refractivity (Wildman–Crippen MR) is 237 cm³/mol. The van der Waals surface area contributed by atoms with Crippen molar-refractivity contribution in [2.75, 3.05) is 0 Å². The minimum Gasteiger partial charge on any atom is -0.507 e. The minimum absolute atomic E-state index is 0. The molecule has 0 aliphatic carbocycles. The first-order valence-corrected chi connectivity index (χ1v) is 19.6. The number of benzene rings is 6. The van der Waals surface area contributed by atoms with E-state index in [1.54, 1.807) is 6.07 Å². The molecule has 9 rings (SSSR count). The van der Waals surface area contributed by atoms with Crippen molar-refractivity contribution >= 4 is 32.7 Å². The van der Waals surface area contributed by atoms with Gasteiger partial charge in [0, 0.05) is 49.9 Å². The number of imidazole rings is 1. The maximum atomic E-state index is 11.2. The molecule has 290 valence electrons. The second-order valence-corrected chi connectivity index (χ2v) is 17.2. The third-order valence-electron chi connectivity index (χ3n) is 11.2. The quantitative estimate of drug-likeness (QED) is 0.169. The Balaban J connectivity index is 0.00000469. The average molecular weight is 937 g/mol. The van der Waals surface area contributed by atoms with E-state index in [2.05, 4.69) is 151 Å². The van der Waals surface area contributed by atoms with E-state index in [9.17, 15) is 5.11 Å². The van der Waals surface area contributed by atoms with E-state index in [0.29, 0.717) is 11.4 Å².